The summed E-state index contributed by atoms with van der Waals surface area (Å²) in [5, 5.41) is 19.1. The summed E-state index contributed by atoms with van der Waals surface area (Å²) in [5.41, 5.74) is -0.905. The first-order valence-electron chi connectivity index (χ1n) is 6.35. The summed E-state index contributed by atoms with van der Waals surface area (Å²) in [6.45, 7) is 8.19. The molecule has 17 heavy (non-hydrogen) atoms. The topological polar surface area (TPSA) is 60.8 Å². The van der Waals surface area contributed by atoms with Crippen LogP contribution in [0.5, 0.6) is 0 Å². The summed E-state index contributed by atoms with van der Waals surface area (Å²) in [7, 11) is 0. The second kappa shape index (κ2) is 4.84. The van der Waals surface area contributed by atoms with Crippen LogP contribution in [-0.4, -0.2) is 38.9 Å². The van der Waals surface area contributed by atoms with Crippen LogP contribution in [0.2, 0.25) is 0 Å². The Hall–Kier alpha value is -0.770. The Bertz CT molecular complexity index is 271. The average molecular weight is 243 g/mol. The molecule has 0 unspecified atom stereocenters. The van der Waals surface area contributed by atoms with E-state index in [1.54, 1.807) is 0 Å². The van der Waals surface area contributed by atoms with Gasteiger partial charge in [0, 0.05) is 12.1 Å². The highest BCUT2D eigenvalue weighted by atomic mass is 16.4. The third-order valence-corrected chi connectivity index (χ3v) is 3.66. The zero-order valence-corrected chi connectivity index (χ0v) is 11.4. The normalized spacial score (nSPS) is 30.1. The number of aliphatic hydroxyl groups is 1. The lowest BCUT2D eigenvalue weighted by Crippen LogP contribution is -2.48. The first-order valence-corrected chi connectivity index (χ1v) is 6.35. The molecule has 0 aromatic carbocycles. The van der Waals surface area contributed by atoms with E-state index in [0.29, 0.717) is 12.5 Å². The monoisotopic (exact) mass is 243 g/mol. The molecule has 4 nitrogen and oxygen atoms in total. The molecule has 0 spiro atoms. The molecule has 2 N–H and O–H groups in total. The number of nitrogens with zero attached hydrogens (tertiary/aromatic N) is 1. The largest absolute Gasteiger partial charge is 0.465 e. The number of rotatable bonds is 2. The maximum atomic E-state index is 11.2. The fourth-order valence-electron chi connectivity index (χ4n) is 2.38. The van der Waals surface area contributed by atoms with E-state index < -0.39 is 11.7 Å². The first kappa shape index (κ1) is 14.3. The van der Waals surface area contributed by atoms with E-state index in [1.807, 2.05) is 27.7 Å². The van der Waals surface area contributed by atoms with Gasteiger partial charge in [0.05, 0.1) is 5.60 Å². The predicted octanol–water partition coefficient (Wildman–Crippen LogP) is 2.71. The Balaban J connectivity index is 2.56. The summed E-state index contributed by atoms with van der Waals surface area (Å²) in [6.07, 6.45) is 2.51. The minimum absolute atomic E-state index is 0.355. The number of carboxylic acid groups (broad SMARTS) is 1. The highest BCUT2D eigenvalue weighted by Gasteiger charge is 2.33. The Morgan fingerprint density at radius 2 is 1.82 bits per heavy atom. The van der Waals surface area contributed by atoms with E-state index >= 15 is 0 Å². The molecular weight excluding hydrogens is 218 g/mol. The molecule has 0 aliphatic heterocycles. The number of carbonyl (C=O) groups is 1. The Morgan fingerprint density at radius 3 is 2.18 bits per heavy atom. The molecule has 0 bridgehead atoms. The van der Waals surface area contributed by atoms with Gasteiger partial charge in [-0.05, 0) is 59.3 Å². The van der Waals surface area contributed by atoms with E-state index in [0.717, 1.165) is 25.7 Å². The van der Waals surface area contributed by atoms with Crippen LogP contribution in [0.4, 0.5) is 4.79 Å². The fraction of sp³-hybridized carbons (Fsp3) is 0.923. The second-order valence-electron chi connectivity index (χ2n) is 6.50. The fourth-order valence-corrected chi connectivity index (χ4v) is 2.38. The molecule has 0 atom stereocenters. The predicted molar refractivity (Wildman–Crippen MR) is 67.1 cm³/mol. The molecule has 100 valence electrons. The van der Waals surface area contributed by atoms with Crippen LogP contribution in [-0.2, 0) is 0 Å². The third kappa shape index (κ3) is 4.19. The standard InChI is InChI=1S/C13H25NO3/c1-12(2,3)14(11(15)16)9-10-5-7-13(4,17)8-6-10/h10,17H,5-9H2,1-4H3,(H,15,16)/t10-,13+. The zero-order chi connectivity index (χ0) is 13.3. The molecule has 0 radical (unpaired) electrons. The van der Waals surface area contributed by atoms with Crippen molar-refractivity contribution >= 4 is 6.09 Å². The van der Waals surface area contributed by atoms with Gasteiger partial charge in [-0.3, -0.25) is 0 Å². The molecule has 1 fully saturated rings. The number of hydrogen-bond acceptors (Lipinski definition) is 2. The van der Waals surface area contributed by atoms with Crippen LogP contribution >= 0.6 is 0 Å². The SMILES string of the molecule is CC(C)(C)N(C[C@H]1CC[C@@](C)(O)CC1)C(=O)O. The summed E-state index contributed by atoms with van der Waals surface area (Å²) in [6, 6.07) is 0. The Kier molecular flexibility index (Phi) is 4.07. The number of amides is 1. The van der Waals surface area contributed by atoms with Gasteiger partial charge in [0.25, 0.3) is 0 Å². The lowest BCUT2D eigenvalue weighted by atomic mass is 9.79. The Morgan fingerprint density at radius 1 is 1.35 bits per heavy atom. The molecule has 1 aliphatic carbocycles. The van der Waals surface area contributed by atoms with Gasteiger partial charge in [-0.1, -0.05) is 0 Å². The van der Waals surface area contributed by atoms with Gasteiger partial charge in [-0.25, -0.2) is 4.79 Å². The molecule has 1 amide bonds. The van der Waals surface area contributed by atoms with Gasteiger partial charge < -0.3 is 15.1 Å². The summed E-state index contributed by atoms with van der Waals surface area (Å²) in [4.78, 5) is 12.7. The lowest BCUT2D eigenvalue weighted by Gasteiger charge is -2.39. The molecule has 1 rings (SSSR count). The lowest BCUT2D eigenvalue weighted by molar-refractivity contribution is -0.00103. The molecule has 0 aromatic heterocycles. The maximum absolute atomic E-state index is 11.2. The van der Waals surface area contributed by atoms with E-state index in [1.165, 1.54) is 4.90 Å². The van der Waals surface area contributed by atoms with Gasteiger partial charge in [0.2, 0.25) is 0 Å². The molecular formula is C13H25NO3. The van der Waals surface area contributed by atoms with E-state index in [9.17, 15) is 15.0 Å². The minimum atomic E-state index is -0.852. The van der Waals surface area contributed by atoms with Crippen molar-refractivity contribution in [3.8, 4) is 0 Å². The van der Waals surface area contributed by atoms with Gasteiger partial charge in [-0.15, -0.1) is 0 Å². The zero-order valence-electron chi connectivity index (χ0n) is 11.4. The van der Waals surface area contributed by atoms with Crippen molar-refractivity contribution in [3.05, 3.63) is 0 Å². The second-order valence-corrected chi connectivity index (χ2v) is 6.50. The molecule has 1 saturated carbocycles. The van der Waals surface area contributed by atoms with Gasteiger partial charge in [0.15, 0.2) is 0 Å². The molecule has 1 aliphatic rings. The van der Waals surface area contributed by atoms with Crippen LogP contribution in [0.1, 0.15) is 53.4 Å². The average Bonchev–Trinajstić information content (AvgIpc) is 2.13. The van der Waals surface area contributed by atoms with Crippen LogP contribution in [0.3, 0.4) is 0 Å². The molecule has 4 heteroatoms. The van der Waals surface area contributed by atoms with Crippen LogP contribution in [0.15, 0.2) is 0 Å². The van der Waals surface area contributed by atoms with Crippen molar-refractivity contribution < 1.29 is 15.0 Å². The van der Waals surface area contributed by atoms with Crippen LogP contribution in [0.25, 0.3) is 0 Å². The van der Waals surface area contributed by atoms with Crippen molar-refractivity contribution in [1.29, 1.82) is 0 Å². The van der Waals surface area contributed by atoms with Crippen molar-refractivity contribution in [2.45, 2.75) is 64.5 Å². The highest BCUT2D eigenvalue weighted by Crippen LogP contribution is 2.33. The summed E-state index contributed by atoms with van der Waals surface area (Å²) in [5.74, 6) is 0.380. The minimum Gasteiger partial charge on any atom is -0.465 e. The van der Waals surface area contributed by atoms with Gasteiger partial charge >= 0.3 is 6.09 Å². The van der Waals surface area contributed by atoms with Crippen molar-refractivity contribution in [2.75, 3.05) is 6.54 Å². The van der Waals surface area contributed by atoms with Crippen molar-refractivity contribution in [1.82, 2.24) is 4.90 Å². The molecule has 0 heterocycles. The van der Waals surface area contributed by atoms with E-state index in [-0.39, 0.29) is 5.54 Å². The molecule has 0 saturated heterocycles. The molecule has 0 aromatic rings. The maximum Gasteiger partial charge on any atom is 0.407 e. The highest BCUT2D eigenvalue weighted by molar-refractivity contribution is 5.66. The van der Waals surface area contributed by atoms with Crippen molar-refractivity contribution in [3.63, 3.8) is 0 Å². The summed E-state index contributed by atoms with van der Waals surface area (Å²) >= 11 is 0. The summed E-state index contributed by atoms with van der Waals surface area (Å²) < 4.78 is 0. The van der Waals surface area contributed by atoms with Crippen LogP contribution < -0.4 is 0 Å². The van der Waals surface area contributed by atoms with Crippen LogP contribution in [0, 0.1) is 5.92 Å². The van der Waals surface area contributed by atoms with Gasteiger partial charge in [-0.2, -0.15) is 0 Å². The van der Waals surface area contributed by atoms with E-state index in [4.69, 9.17) is 0 Å². The Labute approximate surface area is 104 Å². The van der Waals surface area contributed by atoms with Crippen molar-refractivity contribution in [2.24, 2.45) is 5.92 Å². The quantitative estimate of drug-likeness (QED) is 0.784. The third-order valence-electron chi connectivity index (χ3n) is 3.66. The van der Waals surface area contributed by atoms with Gasteiger partial charge in [0.1, 0.15) is 0 Å². The first-order chi connectivity index (χ1) is 7.62. The smallest absolute Gasteiger partial charge is 0.407 e. The number of hydrogen-bond donors (Lipinski definition) is 2. The van der Waals surface area contributed by atoms with E-state index in [2.05, 4.69) is 0 Å².